The molecule has 2 aromatic rings. The summed E-state index contributed by atoms with van der Waals surface area (Å²) in [6.45, 7) is 25.8. The Bertz CT molecular complexity index is 1590. The number of anilines is 1. The maximum Gasteiger partial charge on any atom is 0.337 e. The van der Waals surface area contributed by atoms with Crippen molar-refractivity contribution in [2.75, 3.05) is 18.6 Å². The van der Waals surface area contributed by atoms with E-state index >= 15 is 4.39 Å². The predicted octanol–water partition coefficient (Wildman–Crippen LogP) is 9.74. The third kappa shape index (κ3) is 10.8. The van der Waals surface area contributed by atoms with Crippen molar-refractivity contribution < 1.29 is 37.0 Å². The zero-order valence-electron chi connectivity index (χ0n) is 30.9. The summed E-state index contributed by atoms with van der Waals surface area (Å²) in [6.07, 6.45) is 1.74. The first-order valence-electron chi connectivity index (χ1n) is 16.4. The molecule has 1 aliphatic rings. The largest absolute Gasteiger partial charge is 0.543 e. The van der Waals surface area contributed by atoms with E-state index in [0.717, 1.165) is 6.08 Å². The number of nitrogens with one attached hydrogen (secondary N) is 1. The molecule has 1 N–H and O–H groups in total. The molecule has 0 aliphatic carbocycles. The lowest BCUT2D eigenvalue weighted by Crippen LogP contribution is -2.44. The van der Waals surface area contributed by atoms with Crippen molar-refractivity contribution in [1.29, 1.82) is 0 Å². The van der Waals surface area contributed by atoms with Crippen LogP contribution in [0.4, 0.5) is 10.1 Å². The number of para-hydroxylation sites is 1. The smallest absolute Gasteiger partial charge is 0.337 e. The summed E-state index contributed by atoms with van der Waals surface area (Å²) in [5.41, 5.74) is 3.24. The Labute approximate surface area is 301 Å². The molecule has 0 amide bonds. The highest BCUT2D eigenvalue weighted by atomic mass is 79.9. The van der Waals surface area contributed by atoms with Crippen LogP contribution >= 0.6 is 15.9 Å². The summed E-state index contributed by atoms with van der Waals surface area (Å²) in [5.74, 6) is -2.86. The van der Waals surface area contributed by atoms with Gasteiger partial charge in [0.25, 0.3) is 8.32 Å². The number of Topliss-reactive ketones (excluding diaryl/α,β-unsaturated/α-hetero) is 1. The van der Waals surface area contributed by atoms with Gasteiger partial charge in [-0.15, -0.1) is 0 Å². The third-order valence-electron chi connectivity index (χ3n) is 9.10. The monoisotopic (exact) mass is 778 g/mol. The maximum atomic E-state index is 15.3. The fourth-order valence-electron chi connectivity index (χ4n) is 4.13. The van der Waals surface area contributed by atoms with Crippen LogP contribution in [0.3, 0.4) is 0 Å². The molecule has 0 spiro atoms. The van der Waals surface area contributed by atoms with E-state index in [1.165, 1.54) is 6.07 Å². The highest BCUT2D eigenvalue weighted by Gasteiger charge is 2.40. The summed E-state index contributed by atoms with van der Waals surface area (Å²) in [7, 11) is -4.13. The van der Waals surface area contributed by atoms with Gasteiger partial charge in [0, 0.05) is 38.2 Å². The quantitative estimate of drug-likeness (QED) is 0.0505. The van der Waals surface area contributed by atoms with Gasteiger partial charge in [0.15, 0.2) is 19.8 Å². The Morgan fingerprint density at radius 2 is 1.63 bits per heavy atom. The van der Waals surface area contributed by atoms with E-state index in [-0.39, 0.29) is 39.4 Å². The van der Waals surface area contributed by atoms with Gasteiger partial charge in [-0.2, -0.15) is 5.10 Å². The Morgan fingerprint density at radius 3 is 2.24 bits per heavy atom. The highest BCUT2D eigenvalue weighted by Crippen LogP contribution is 2.40. The standard InChI is InChI=1S/C36H52BrFN2O7Si2/c1-34(2,3)48(9,10)44-20-14-19-43-23-25-15-13-16-27(38)31(25)39-40-32(29-22-30(41)46-36(7,8)45-29)33(42)24-17-18-26(37)28(21-24)47-49(11,12)35(4,5)6/h13,15-18,21-22,39H,14,19-20,23H2,1-12H3. The second kappa shape index (κ2) is 15.6. The molecule has 0 fully saturated rings. The number of halogens is 2. The average molecular weight is 780 g/mol. The van der Waals surface area contributed by atoms with Crippen molar-refractivity contribution in [3.63, 3.8) is 0 Å². The molecule has 270 valence electrons. The number of ketones is 1. The van der Waals surface area contributed by atoms with Crippen molar-refractivity contribution in [3.05, 3.63) is 69.7 Å². The summed E-state index contributed by atoms with van der Waals surface area (Å²) in [5, 5.41) is 4.38. The Balaban J connectivity index is 1.90. The lowest BCUT2D eigenvalue weighted by molar-refractivity contribution is -0.202. The number of nitrogens with zero attached hydrogens (tertiary/aromatic N) is 1. The number of hydrogen-bond acceptors (Lipinski definition) is 9. The van der Waals surface area contributed by atoms with E-state index in [4.69, 9.17) is 23.1 Å². The van der Waals surface area contributed by atoms with E-state index in [2.05, 4.69) is 94.2 Å². The Morgan fingerprint density at radius 1 is 0.980 bits per heavy atom. The fraction of sp³-hybridized carbons (Fsp3) is 0.528. The topological polar surface area (TPSA) is 105 Å². The van der Waals surface area contributed by atoms with Gasteiger partial charge in [-0.1, -0.05) is 53.7 Å². The first-order valence-corrected chi connectivity index (χ1v) is 23.1. The van der Waals surface area contributed by atoms with Gasteiger partial charge in [0.2, 0.25) is 11.6 Å². The molecule has 0 atom stereocenters. The molecule has 13 heteroatoms. The van der Waals surface area contributed by atoms with Crippen molar-refractivity contribution in [3.8, 4) is 5.75 Å². The van der Waals surface area contributed by atoms with E-state index < -0.39 is 40.0 Å². The van der Waals surface area contributed by atoms with Crippen LogP contribution in [0.5, 0.6) is 5.75 Å². The first-order chi connectivity index (χ1) is 22.4. The number of benzene rings is 2. The predicted molar refractivity (Wildman–Crippen MR) is 201 cm³/mol. The molecular formula is C36H52BrFN2O7Si2. The summed E-state index contributed by atoms with van der Waals surface area (Å²) >= 11 is 3.55. The average Bonchev–Trinajstić information content (AvgIpc) is 2.94. The van der Waals surface area contributed by atoms with Crippen molar-refractivity contribution in [2.45, 2.75) is 110 Å². The molecule has 0 radical (unpaired) electrons. The first kappa shape index (κ1) is 40.6. The Hall–Kier alpha value is -2.85. The molecular weight excluding hydrogens is 727 g/mol. The summed E-state index contributed by atoms with van der Waals surface area (Å²) < 4.78 is 45.7. The fourth-order valence-corrected chi connectivity index (χ4v) is 6.72. The molecule has 0 unspecified atom stereocenters. The molecule has 9 nitrogen and oxygen atoms in total. The van der Waals surface area contributed by atoms with Crippen LogP contribution in [0.15, 0.2) is 57.8 Å². The van der Waals surface area contributed by atoms with Crippen molar-refractivity contribution in [2.24, 2.45) is 5.10 Å². The molecule has 1 heterocycles. The second-order valence-electron chi connectivity index (χ2n) is 15.6. The molecule has 0 bridgehead atoms. The number of carbonyl (C=O) groups is 2. The van der Waals surface area contributed by atoms with Gasteiger partial charge in [-0.25, -0.2) is 9.18 Å². The van der Waals surface area contributed by atoms with E-state index in [9.17, 15) is 9.59 Å². The minimum absolute atomic E-state index is 0.0290. The number of hydrogen-bond donors (Lipinski definition) is 1. The lowest BCUT2D eigenvalue weighted by atomic mass is 10.0. The molecule has 0 saturated heterocycles. The van der Waals surface area contributed by atoms with Crippen LogP contribution in [0.25, 0.3) is 0 Å². The SMILES string of the molecule is CC1(C)OC(=O)C=C(C(=NNc2c(F)cccc2COCCCO[Si](C)(C)C(C)(C)C)C(=O)c2ccc(Br)c(O[Si](C)(C)C(C)(C)C)c2)O1. The van der Waals surface area contributed by atoms with Gasteiger partial charge in [0.1, 0.15) is 11.6 Å². The minimum Gasteiger partial charge on any atom is -0.543 e. The molecule has 49 heavy (non-hydrogen) atoms. The second-order valence-corrected chi connectivity index (χ2v) is 26.0. The number of cyclic esters (lactones) is 1. The molecule has 1 aliphatic heterocycles. The van der Waals surface area contributed by atoms with Crippen LogP contribution in [-0.2, 0) is 30.0 Å². The van der Waals surface area contributed by atoms with Gasteiger partial charge in [-0.05, 0) is 82.9 Å². The molecule has 3 rings (SSSR count). The third-order valence-corrected chi connectivity index (χ3v) is 18.6. The van der Waals surface area contributed by atoms with E-state index in [0.29, 0.717) is 35.4 Å². The van der Waals surface area contributed by atoms with Gasteiger partial charge < -0.3 is 23.1 Å². The van der Waals surface area contributed by atoms with Crippen LogP contribution in [-0.4, -0.2) is 53.1 Å². The minimum atomic E-state index is -2.27. The van der Waals surface area contributed by atoms with Crippen molar-refractivity contribution >= 4 is 55.7 Å². The van der Waals surface area contributed by atoms with E-state index in [1.807, 2.05) is 0 Å². The van der Waals surface area contributed by atoms with E-state index in [1.54, 1.807) is 44.2 Å². The normalized spacial score (nSPS) is 15.7. The summed E-state index contributed by atoms with van der Waals surface area (Å²) in [4.78, 5) is 26.7. The molecule has 0 aromatic heterocycles. The van der Waals surface area contributed by atoms with Gasteiger partial charge in [0.05, 0.1) is 22.8 Å². The maximum absolute atomic E-state index is 15.3. The zero-order chi connectivity index (χ0) is 37.0. The number of esters is 1. The van der Waals surface area contributed by atoms with Gasteiger partial charge in [-0.3, -0.25) is 10.2 Å². The van der Waals surface area contributed by atoms with Crippen LogP contribution in [0.2, 0.25) is 36.3 Å². The van der Waals surface area contributed by atoms with Crippen LogP contribution < -0.4 is 9.85 Å². The number of carbonyl (C=O) groups excluding carboxylic acids is 2. The lowest BCUT2D eigenvalue weighted by Gasteiger charge is -2.36. The number of allylic oxidation sites excluding steroid dienone is 1. The summed E-state index contributed by atoms with van der Waals surface area (Å²) in [6, 6.07) is 9.54. The van der Waals surface area contributed by atoms with Crippen LogP contribution in [0.1, 0.15) is 77.7 Å². The van der Waals surface area contributed by atoms with Crippen LogP contribution in [0, 0.1) is 5.82 Å². The highest BCUT2D eigenvalue weighted by molar-refractivity contribution is 9.10. The molecule has 0 saturated carbocycles. The number of rotatable bonds is 14. The number of hydrazone groups is 1. The Kier molecular flexibility index (Phi) is 12.9. The van der Waals surface area contributed by atoms with Crippen molar-refractivity contribution in [1.82, 2.24) is 0 Å². The molecule has 2 aromatic carbocycles. The number of ether oxygens (including phenoxy) is 3. The van der Waals surface area contributed by atoms with Gasteiger partial charge >= 0.3 is 5.97 Å². The zero-order valence-corrected chi connectivity index (χ0v) is 34.5.